The van der Waals surface area contributed by atoms with E-state index in [9.17, 15) is 20.4 Å². The Bertz CT molecular complexity index is 569. The van der Waals surface area contributed by atoms with Crippen molar-refractivity contribution in [2.75, 3.05) is 0 Å². The van der Waals surface area contributed by atoms with Crippen LogP contribution in [-0.2, 0) is 0 Å². The van der Waals surface area contributed by atoms with E-state index in [0.717, 1.165) is 0 Å². The van der Waals surface area contributed by atoms with E-state index in [1.807, 2.05) is 13.8 Å². The molecule has 2 aromatic rings. The number of phenolic OH excluding ortho intramolecular Hbond substituents is 2. The Morgan fingerprint density at radius 1 is 0.727 bits per heavy atom. The number of hydrogen-bond donors (Lipinski definition) is 4. The SMILES string of the molecule is CC.Cc1ccc(C(c2ccc(C)c(O)c2)C(O)O)cc1O. The van der Waals surface area contributed by atoms with Crippen molar-refractivity contribution >= 4 is 0 Å². The number of aliphatic hydroxyl groups is 2. The van der Waals surface area contributed by atoms with Crippen LogP contribution < -0.4 is 0 Å². The van der Waals surface area contributed by atoms with E-state index in [1.54, 1.807) is 38.1 Å². The van der Waals surface area contributed by atoms with E-state index in [-0.39, 0.29) is 11.5 Å². The van der Waals surface area contributed by atoms with Crippen LogP contribution in [0.3, 0.4) is 0 Å². The molecule has 4 heteroatoms. The Kier molecular flexibility index (Phi) is 6.40. The van der Waals surface area contributed by atoms with Gasteiger partial charge in [-0.15, -0.1) is 0 Å². The minimum absolute atomic E-state index is 0.101. The van der Waals surface area contributed by atoms with E-state index in [0.29, 0.717) is 22.3 Å². The highest BCUT2D eigenvalue weighted by atomic mass is 16.5. The lowest BCUT2D eigenvalue weighted by molar-refractivity contribution is -0.0512. The molecule has 120 valence electrons. The summed E-state index contributed by atoms with van der Waals surface area (Å²) in [5.74, 6) is -0.526. The van der Waals surface area contributed by atoms with Gasteiger partial charge in [0.1, 0.15) is 11.5 Å². The van der Waals surface area contributed by atoms with E-state index >= 15 is 0 Å². The first-order chi connectivity index (χ1) is 10.4. The third-order valence-electron chi connectivity index (χ3n) is 3.48. The second-order valence-electron chi connectivity index (χ2n) is 4.98. The number of aromatic hydroxyl groups is 2. The van der Waals surface area contributed by atoms with Crippen molar-refractivity contribution in [3.63, 3.8) is 0 Å². The molecule has 0 aliphatic rings. The molecule has 0 atom stereocenters. The lowest BCUT2D eigenvalue weighted by Gasteiger charge is -2.21. The lowest BCUT2D eigenvalue weighted by atomic mass is 9.89. The van der Waals surface area contributed by atoms with Crippen LogP contribution in [0.5, 0.6) is 11.5 Å². The standard InChI is InChI=1S/C16H18O4.C2H6/c1-9-3-5-11(7-13(9)17)15(16(19)20)12-6-4-10(2)14(18)8-12;1-2/h3-8,15-20H,1-2H3;1-2H3. The molecule has 4 N–H and O–H groups in total. The second-order valence-corrected chi connectivity index (χ2v) is 4.98. The minimum atomic E-state index is -1.63. The van der Waals surface area contributed by atoms with Crippen molar-refractivity contribution in [1.29, 1.82) is 0 Å². The van der Waals surface area contributed by atoms with Crippen LogP contribution in [-0.4, -0.2) is 26.7 Å². The van der Waals surface area contributed by atoms with Crippen LogP contribution in [0.15, 0.2) is 36.4 Å². The first-order valence-corrected chi connectivity index (χ1v) is 7.35. The molecule has 0 unspecified atom stereocenters. The van der Waals surface area contributed by atoms with Crippen molar-refractivity contribution < 1.29 is 20.4 Å². The zero-order valence-electron chi connectivity index (χ0n) is 13.4. The Hall–Kier alpha value is -2.04. The predicted molar refractivity (Wildman–Crippen MR) is 87.1 cm³/mol. The average molecular weight is 304 g/mol. The molecule has 22 heavy (non-hydrogen) atoms. The maximum atomic E-state index is 9.76. The van der Waals surface area contributed by atoms with Crippen molar-refractivity contribution in [3.05, 3.63) is 58.7 Å². The summed E-state index contributed by atoms with van der Waals surface area (Å²) in [6.45, 7) is 7.53. The van der Waals surface area contributed by atoms with Gasteiger partial charge in [-0.3, -0.25) is 0 Å². The molecule has 2 rings (SSSR count). The summed E-state index contributed by atoms with van der Waals surface area (Å²) in [6, 6.07) is 9.92. The summed E-state index contributed by atoms with van der Waals surface area (Å²) in [4.78, 5) is 0. The van der Waals surface area contributed by atoms with Crippen LogP contribution in [0.2, 0.25) is 0 Å². The molecule has 4 nitrogen and oxygen atoms in total. The van der Waals surface area contributed by atoms with E-state index < -0.39 is 12.2 Å². The fourth-order valence-electron chi connectivity index (χ4n) is 2.18. The maximum absolute atomic E-state index is 9.76. The highest BCUT2D eigenvalue weighted by Crippen LogP contribution is 2.33. The molecule has 2 aromatic carbocycles. The summed E-state index contributed by atoms with van der Waals surface area (Å²) < 4.78 is 0. The summed E-state index contributed by atoms with van der Waals surface area (Å²) in [5, 5.41) is 38.8. The zero-order valence-corrected chi connectivity index (χ0v) is 13.4. The fourth-order valence-corrected chi connectivity index (χ4v) is 2.18. The molecular weight excluding hydrogens is 280 g/mol. The average Bonchev–Trinajstić information content (AvgIpc) is 2.48. The highest BCUT2D eigenvalue weighted by molar-refractivity contribution is 5.44. The van der Waals surface area contributed by atoms with Gasteiger partial charge in [-0.2, -0.15) is 0 Å². The van der Waals surface area contributed by atoms with Gasteiger partial charge in [0.2, 0.25) is 0 Å². The minimum Gasteiger partial charge on any atom is -0.508 e. The van der Waals surface area contributed by atoms with Gasteiger partial charge < -0.3 is 20.4 Å². The molecule has 0 saturated heterocycles. The predicted octanol–water partition coefficient (Wildman–Crippen LogP) is 3.18. The van der Waals surface area contributed by atoms with Crippen LogP contribution in [0, 0.1) is 13.8 Å². The number of aryl methyl sites for hydroxylation is 2. The van der Waals surface area contributed by atoms with Crippen LogP contribution in [0.25, 0.3) is 0 Å². The lowest BCUT2D eigenvalue weighted by Crippen LogP contribution is -2.19. The highest BCUT2D eigenvalue weighted by Gasteiger charge is 2.22. The molecular formula is C18H24O4. The number of benzene rings is 2. The van der Waals surface area contributed by atoms with Crippen LogP contribution in [0.4, 0.5) is 0 Å². The molecule has 0 amide bonds. The third-order valence-corrected chi connectivity index (χ3v) is 3.48. The van der Waals surface area contributed by atoms with Crippen molar-refractivity contribution in [2.24, 2.45) is 0 Å². The molecule has 0 aliphatic carbocycles. The monoisotopic (exact) mass is 304 g/mol. The largest absolute Gasteiger partial charge is 0.508 e. The Morgan fingerprint density at radius 2 is 1.09 bits per heavy atom. The number of phenols is 2. The maximum Gasteiger partial charge on any atom is 0.162 e. The van der Waals surface area contributed by atoms with Gasteiger partial charge in [0.05, 0.1) is 5.92 Å². The molecule has 0 aromatic heterocycles. The number of hydrogen-bond acceptors (Lipinski definition) is 4. The Balaban J connectivity index is 0.00000116. The molecule has 0 heterocycles. The van der Waals surface area contributed by atoms with Gasteiger partial charge in [-0.1, -0.05) is 38.1 Å². The van der Waals surface area contributed by atoms with Gasteiger partial charge >= 0.3 is 0 Å². The quantitative estimate of drug-likeness (QED) is 0.657. The van der Waals surface area contributed by atoms with Crippen LogP contribution in [0.1, 0.15) is 42.0 Å². The first kappa shape index (κ1) is 18.0. The summed E-state index contributed by atoms with van der Waals surface area (Å²) in [7, 11) is 0. The van der Waals surface area contributed by atoms with Crippen molar-refractivity contribution in [1.82, 2.24) is 0 Å². The van der Waals surface area contributed by atoms with Crippen molar-refractivity contribution in [3.8, 4) is 11.5 Å². The van der Waals surface area contributed by atoms with Gasteiger partial charge in [-0.05, 0) is 48.2 Å². The summed E-state index contributed by atoms with van der Waals surface area (Å²) in [5.41, 5.74) is 2.58. The smallest absolute Gasteiger partial charge is 0.162 e. The fraction of sp³-hybridized carbons (Fsp3) is 0.333. The summed E-state index contributed by atoms with van der Waals surface area (Å²) >= 11 is 0. The van der Waals surface area contributed by atoms with Gasteiger partial charge in [0.15, 0.2) is 6.29 Å². The van der Waals surface area contributed by atoms with E-state index in [1.165, 1.54) is 12.1 Å². The van der Waals surface area contributed by atoms with Crippen LogP contribution >= 0.6 is 0 Å². The van der Waals surface area contributed by atoms with E-state index in [2.05, 4.69) is 0 Å². The van der Waals surface area contributed by atoms with E-state index in [4.69, 9.17) is 0 Å². The topological polar surface area (TPSA) is 80.9 Å². The molecule has 0 radical (unpaired) electrons. The first-order valence-electron chi connectivity index (χ1n) is 7.35. The van der Waals surface area contributed by atoms with Gasteiger partial charge in [-0.25, -0.2) is 0 Å². The number of rotatable bonds is 3. The Morgan fingerprint density at radius 3 is 1.36 bits per heavy atom. The molecule has 0 spiro atoms. The molecule has 0 saturated carbocycles. The molecule has 0 aliphatic heterocycles. The zero-order chi connectivity index (χ0) is 16.9. The molecule has 0 fully saturated rings. The normalized spacial score (nSPS) is 10.5. The Labute approximate surface area is 131 Å². The summed E-state index contributed by atoms with van der Waals surface area (Å²) in [6.07, 6.45) is -1.63. The van der Waals surface area contributed by atoms with Crippen molar-refractivity contribution in [2.45, 2.75) is 39.9 Å². The number of aliphatic hydroxyl groups excluding tert-OH is 1. The molecule has 0 bridgehead atoms. The second kappa shape index (κ2) is 7.82. The van der Waals surface area contributed by atoms with Gasteiger partial charge in [0.25, 0.3) is 0 Å². The van der Waals surface area contributed by atoms with Gasteiger partial charge in [0, 0.05) is 0 Å². The third kappa shape index (κ3) is 4.00.